The van der Waals surface area contributed by atoms with E-state index in [1.807, 2.05) is 0 Å². The van der Waals surface area contributed by atoms with Crippen molar-refractivity contribution in [1.29, 1.82) is 0 Å². The van der Waals surface area contributed by atoms with Crippen LogP contribution >= 0.6 is 12.4 Å². The normalized spacial score (nSPS) is 17.3. The van der Waals surface area contributed by atoms with Crippen molar-refractivity contribution in [3.63, 3.8) is 0 Å². The van der Waals surface area contributed by atoms with Gasteiger partial charge >= 0.3 is 5.97 Å². The van der Waals surface area contributed by atoms with Crippen molar-refractivity contribution < 1.29 is 19.5 Å². The minimum atomic E-state index is -0.881. The van der Waals surface area contributed by atoms with Crippen molar-refractivity contribution in [3.05, 3.63) is 29.8 Å². The van der Waals surface area contributed by atoms with Crippen LogP contribution in [0.5, 0.6) is 0 Å². The van der Waals surface area contributed by atoms with E-state index >= 15 is 0 Å². The molecule has 1 aromatic carbocycles. The van der Waals surface area contributed by atoms with Gasteiger partial charge in [0.05, 0.1) is 6.54 Å². The number of nitrogens with zero attached hydrogens (tertiary/aromatic N) is 2. The van der Waals surface area contributed by atoms with Gasteiger partial charge in [0.25, 0.3) is 5.91 Å². The highest BCUT2D eigenvalue weighted by molar-refractivity contribution is 5.96. The molecule has 2 N–H and O–H groups in total. The zero-order valence-electron chi connectivity index (χ0n) is 14.4. The number of carbonyl (C=O) groups is 3. The van der Waals surface area contributed by atoms with Crippen LogP contribution in [0.25, 0.3) is 0 Å². The van der Waals surface area contributed by atoms with E-state index in [0.29, 0.717) is 24.2 Å². The minimum Gasteiger partial charge on any atom is -0.480 e. The van der Waals surface area contributed by atoms with Gasteiger partial charge in [-0.25, -0.2) is 0 Å². The molecule has 25 heavy (non-hydrogen) atoms. The van der Waals surface area contributed by atoms with E-state index in [4.69, 9.17) is 0 Å². The zero-order chi connectivity index (χ0) is 17.7. The van der Waals surface area contributed by atoms with Gasteiger partial charge in [-0.05, 0) is 43.7 Å². The Kier molecular flexibility index (Phi) is 7.86. The van der Waals surface area contributed by atoms with Gasteiger partial charge in [0.15, 0.2) is 0 Å². The molecule has 1 heterocycles. The summed E-state index contributed by atoms with van der Waals surface area (Å²) in [5.74, 6) is -1.24. The Labute approximate surface area is 153 Å². The topological polar surface area (TPSA) is 90.0 Å². The van der Waals surface area contributed by atoms with Crippen LogP contribution in [0.3, 0.4) is 0 Å². The van der Waals surface area contributed by atoms with Crippen molar-refractivity contribution in [3.8, 4) is 0 Å². The van der Waals surface area contributed by atoms with Gasteiger partial charge in [-0.3, -0.25) is 19.3 Å². The van der Waals surface area contributed by atoms with E-state index in [-0.39, 0.29) is 30.8 Å². The van der Waals surface area contributed by atoms with Crippen molar-refractivity contribution in [2.24, 2.45) is 0 Å². The lowest BCUT2D eigenvalue weighted by Crippen LogP contribution is -2.47. The first kappa shape index (κ1) is 20.9. The number of aliphatic carboxylic acids is 1. The Bertz CT molecular complexity index is 619. The van der Waals surface area contributed by atoms with Gasteiger partial charge in [-0.15, -0.1) is 12.4 Å². The number of piperidine rings is 1. The van der Waals surface area contributed by atoms with Crippen molar-refractivity contribution in [1.82, 2.24) is 9.80 Å². The van der Waals surface area contributed by atoms with Crippen LogP contribution in [0.2, 0.25) is 0 Å². The molecule has 8 heteroatoms. The highest BCUT2D eigenvalue weighted by Gasteiger charge is 2.29. The quantitative estimate of drug-likeness (QED) is 0.824. The predicted molar refractivity (Wildman–Crippen MR) is 97.2 cm³/mol. The largest absolute Gasteiger partial charge is 0.480 e. The lowest BCUT2D eigenvalue weighted by Gasteiger charge is -2.32. The molecule has 0 aliphatic carbocycles. The number of nitrogens with one attached hydrogen (secondary N) is 1. The molecular weight excluding hydrogens is 346 g/mol. The van der Waals surface area contributed by atoms with Crippen LogP contribution in [-0.2, 0) is 9.59 Å². The molecule has 0 spiro atoms. The van der Waals surface area contributed by atoms with Gasteiger partial charge in [0.1, 0.15) is 6.04 Å². The number of carboxylic acid groups (broad SMARTS) is 1. The molecule has 1 aromatic rings. The lowest BCUT2D eigenvalue weighted by atomic mass is 10.0. The molecule has 1 atom stereocenters. The first-order valence-corrected chi connectivity index (χ1v) is 7.97. The van der Waals surface area contributed by atoms with Crippen molar-refractivity contribution in [2.45, 2.75) is 25.3 Å². The molecule has 1 unspecified atom stereocenters. The van der Waals surface area contributed by atoms with Crippen LogP contribution in [0.4, 0.5) is 5.69 Å². The van der Waals surface area contributed by atoms with Crippen LogP contribution in [0.1, 0.15) is 29.6 Å². The number of carbonyl (C=O) groups excluding carboxylic acids is 2. The molecule has 1 saturated heterocycles. The Balaban J connectivity index is 0.00000312. The lowest BCUT2D eigenvalue weighted by molar-refractivity contribution is -0.145. The number of hydrogen-bond donors (Lipinski definition) is 2. The number of rotatable bonds is 5. The van der Waals surface area contributed by atoms with Gasteiger partial charge in [-0.2, -0.15) is 0 Å². The second-order valence-electron chi connectivity index (χ2n) is 6.15. The fraction of sp³-hybridized carbons (Fsp3) is 0.471. The highest BCUT2D eigenvalue weighted by Crippen LogP contribution is 2.17. The molecule has 2 amide bonds. The molecule has 7 nitrogen and oxygen atoms in total. The maximum Gasteiger partial charge on any atom is 0.320 e. The molecule has 1 aliphatic rings. The van der Waals surface area contributed by atoms with Crippen LogP contribution in [0.15, 0.2) is 24.3 Å². The van der Waals surface area contributed by atoms with E-state index < -0.39 is 12.0 Å². The maximum atomic E-state index is 12.2. The fourth-order valence-corrected chi connectivity index (χ4v) is 2.80. The number of amides is 2. The number of anilines is 1. The molecule has 0 radical (unpaired) electrons. The standard InChI is InChI=1S/C17H23N3O4.ClH/c1-19(2)16(22)12-6-8-13(9-7-12)18-15(21)11-20-10-4-3-5-14(20)17(23)24;/h6-9,14H,3-5,10-11H2,1-2H3,(H,18,21)(H,23,24);1H. The zero-order valence-corrected chi connectivity index (χ0v) is 15.2. The van der Waals surface area contributed by atoms with E-state index in [9.17, 15) is 19.5 Å². The molecule has 2 rings (SSSR count). The molecule has 0 aromatic heterocycles. The van der Waals surface area contributed by atoms with Crippen LogP contribution in [-0.4, -0.2) is 65.9 Å². The summed E-state index contributed by atoms with van der Waals surface area (Å²) in [6.07, 6.45) is 2.35. The SMILES string of the molecule is CN(C)C(=O)c1ccc(NC(=O)CN2CCCCC2C(=O)O)cc1.Cl. The molecular formula is C17H24ClN3O4. The summed E-state index contributed by atoms with van der Waals surface area (Å²) in [6.45, 7) is 0.663. The van der Waals surface area contributed by atoms with E-state index in [1.165, 1.54) is 4.90 Å². The number of carboxylic acids is 1. The molecule has 1 aliphatic heterocycles. The van der Waals surface area contributed by atoms with Gasteiger partial charge in [-0.1, -0.05) is 6.42 Å². The Morgan fingerprint density at radius 2 is 1.84 bits per heavy atom. The Hall–Kier alpha value is -2.12. The summed E-state index contributed by atoms with van der Waals surface area (Å²) in [6, 6.07) is 6.04. The number of hydrogen-bond acceptors (Lipinski definition) is 4. The predicted octanol–water partition coefficient (Wildman–Crippen LogP) is 1.69. The van der Waals surface area contributed by atoms with Crippen LogP contribution in [0, 0.1) is 0 Å². The van der Waals surface area contributed by atoms with E-state index in [0.717, 1.165) is 12.8 Å². The molecule has 0 saturated carbocycles. The third kappa shape index (κ3) is 5.72. The first-order valence-electron chi connectivity index (χ1n) is 7.97. The first-order chi connectivity index (χ1) is 11.4. The number of halogens is 1. The second kappa shape index (κ2) is 9.39. The van der Waals surface area contributed by atoms with Gasteiger partial charge in [0, 0.05) is 25.3 Å². The average Bonchev–Trinajstić information content (AvgIpc) is 2.55. The van der Waals surface area contributed by atoms with Crippen molar-refractivity contribution >= 4 is 35.9 Å². The summed E-state index contributed by atoms with van der Waals surface area (Å²) >= 11 is 0. The molecule has 0 bridgehead atoms. The fourth-order valence-electron chi connectivity index (χ4n) is 2.80. The summed E-state index contributed by atoms with van der Waals surface area (Å²) in [7, 11) is 3.35. The van der Waals surface area contributed by atoms with E-state index in [2.05, 4.69) is 5.32 Å². The van der Waals surface area contributed by atoms with Gasteiger partial charge < -0.3 is 15.3 Å². The molecule has 138 valence electrons. The highest BCUT2D eigenvalue weighted by atomic mass is 35.5. The van der Waals surface area contributed by atoms with Crippen molar-refractivity contribution in [2.75, 3.05) is 32.5 Å². The third-order valence-electron chi connectivity index (χ3n) is 4.07. The number of likely N-dealkylation sites (tertiary alicyclic amines) is 1. The van der Waals surface area contributed by atoms with Crippen LogP contribution < -0.4 is 5.32 Å². The summed E-state index contributed by atoms with van der Waals surface area (Å²) in [5, 5.41) is 12.0. The summed E-state index contributed by atoms with van der Waals surface area (Å²) < 4.78 is 0. The van der Waals surface area contributed by atoms with E-state index in [1.54, 1.807) is 43.3 Å². The summed E-state index contributed by atoms with van der Waals surface area (Å²) in [5.41, 5.74) is 1.12. The second-order valence-corrected chi connectivity index (χ2v) is 6.15. The minimum absolute atomic E-state index is 0. The molecule has 1 fully saturated rings. The average molecular weight is 370 g/mol. The Morgan fingerprint density at radius 1 is 1.20 bits per heavy atom. The summed E-state index contributed by atoms with van der Waals surface area (Å²) in [4.78, 5) is 38.4. The number of benzene rings is 1. The maximum absolute atomic E-state index is 12.2. The van der Waals surface area contributed by atoms with Gasteiger partial charge in [0.2, 0.25) is 5.91 Å². The third-order valence-corrected chi connectivity index (χ3v) is 4.07. The monoisotopic (exact) mass is 369 g/mol. The Morgan fingerprint density at radius 3 is 2.40 bits per heavy atom. The smallest absolute Gasteiger partial charge is 0.320 e.